The molecule has 1 aromatic carbocycles. The Labute approximate surface area is 114 Å². The number of hydrogen-bond donors (Lipinski definition) is 0. The van der Waals surface area contributed by atoms with Crippen molar-refractivity contribution in [2.75, 3.05) is 6.54 Å². The molecule has 3 heteroatoms. The van der Waals surface area contributed by atoms with Crippen LogP contribution in [0.3, 0.4) is 0 Å². The van der Waals surface area contributed by atoms with E-state index in [2.05, 4.69) is 13.8 Å². The molecule has 1 fully saturated rings. The normalized spacial score (nSPS) is 19.6. The van der Waals surface area contributed by atoms with Gasteiger partial charge in [-0.05, 0) is 30.4 Å². The number of carbonyl (C=O) groups is 1. The SMILES string of the molecule is CC(C)CC(=O)N1CCC[C@H]1c1ccccc1Cl. The molecule has 1 aliphatic rings. The minimum absolute atomic E-state index is 0.171. The van der Waals surface area contributed by atoms with Gasteiger partial charge in [-0.15, -0.1) is 0 Å². The van der Waals surface area contributed by atoms with Gasteiger partial charge in [0, 0.05) is 18.0 Å². The summed E-state index contributed by atoms with van der Waals surface area (Å²) >= 11 is 6.24. The quantitative estimate of drug-likeness (QED) is 0.807. The van der Waals surface area contributed by atoms with Crippen molar-refractivity contribution in [3.63, 3.8) is 0 Å². The summed E-state index contributed by atoms with van der Waals surface area (Å²) in [6.45, 7) is 5.03. The van der Waals surface area contributed by atoms with E-state index < -0.39 is 0 Å². The molecule has 1 aromatic rings. The largest absolute Gasteiger partial charge is 0.336 e. The number of amides is 1. The molecule has 0 unspecified atom stereocenters. The van der Waals surface area contributed by atoms with Gasteiger partial charge < -0.3 is 4.90 Å². The molecular weight excluding hydrogens is 246 g/mol. The fourth-order valence-electron chi connectivity index (χ4n) is 2.60. The van der Waals surface area contributed by atoms with Gasteiger partial charge in [-0.25, -0.2) is 0 Å². The van der Waals surface area contributed by atoms with Gasteiger partial charge in [0.25, 0.3) is 0 Å². The Morgan fingerprint density at radius 1 is 1.44 bits per heavy atom. The van der Waals surface area contributed by atoms with Crippen LogP contribution in [0.25, 0.3) is 0 Å². The van der Waals surface area contributed by atoms with E-state index in [-0.39, 0.29) is 11.9 Å². The van der Waals surface area contributed by atoms with Crippen LogP contribution in [0.4, 0.5) is 0 Å². The van der Waals surface area contributed by atoms with Crippen molar-refractivity contribution < 1.29 is 4.79 Å². The number of hydrogen-bond acceptors (Lipinski definition) is 1. The molecule has 1 amide bonds. The van der Waals surface area contributed by atoms with E-state index in [1.54, 1.807) is 0 Å². The molecule has 0 spiro atoms. The lowest BCUT2D eigenvalue weighted by atomic mass is 10.0. The molecule has 0 saturated carbocycles. The van der Waals surface area contributed by atoms with E-state index in [1.807, 2.05) is 29.2 Å². The molecule has 1 aliphatic heterocycles. The van der Waals surface area contributed by atoms with E-state index in [9.17, 15) is 4.79 Å². The zero-order chi connectivity index (χ0) is 13.1. The van der Waals surface area contributed by atoms with Crippen LogP contribution < -0.4 is 0 Å². The van der Waals surface area contributed by atoms with Crippen LogP contribution in [0.5, 0.6) is 0 Å². The highest BCUT2D eigenvalue weighted by atomic mass is 35.5. The van der Waals surface area contributed by atoms with E-state index in [0.29, 0.717) is 12.3 Å². The standard InChI is InChI=1S/C15H20ClNO/c1-11(2)10-15(18)17-9-5-8-14(17)12-6-3-4-7-13(12)16/h3-4,6-7,11,14H,5,8-10H2,1-2H3/t14-/m0/s1. The fraction of sp³-hybridized carbons (Fsp3) is 0.533. The van der Waals surface area contributed by atoms with Crippen molar-refractivity contribution in [3.05, 3.63) is 34.9 Å². The van der Waals surface area contributed by atoms with Gasteiger partial charge in [0.2, 0.25) is 5.91 Å². The summed E-state index contributed by atoms with van der Waals surface area (Å²) in [5.41, 5.74) is 1.09. The molecular formula is C15H20ClNO. The highest BCUT2D eigenvalue weighted by Crippen LogP contribution is 2.36. The molecule has 0 bridgehead atoms. The number of likely N-dealkylation sites (tertiary alicyclic amines) is 1. The molecule has 0 aromatic heterocycles. The van der Waals surface area contributed by atoms with Crippen LogP contribution in [-0.2, 0) is 4.79 Å². The maximum absolute atomic E-state index is 12.2. The van der Waals surface area contributed by atoms with E-state index in [1.165, 1.54) is 0 Å². The van der Waals surface area contributed by atoms with Gasteiger partial charge in [0.1, 0.15) is 0 Å². The van der Waals surface area contributed by atoms with Crippen molar-refractivity contribution in [3.8, 4) is 0 Å². The number of nitrogens with zero attached hydrogens (tertiary/aromatic N) is 1. The van der Waals surface area contributed by atoms with Crippen molar-refractivity contribution >= 4 is 17.5 Å². The second kappa shape index (κ2) is 5.75. The predicted molar refractivity (Wildman–Crippen MR) is 74.6 cm³/mol. The molecule has 2 rings (SSSR count). The topological polar surface area (TPSA) is 20.3 Å². The van der Waals surface area contributed by atoms with Crippen molar-refractivity contribution in [2.45, 2.75) is 39.2 Å². The zero-order valence-corrected chi connectivity index (χ0v) is 11.8. The van der Waals surface area contributed by atoms with Crippen molar-refractivity contribution in [1.82, 2.24) is 4.90 Å². The Kier molecular flexibility index (Phi) is 4.28. The second-order valence-electron chi connectivity index (χ2n) is 5.36. The van der Waals surface area contributed by atoms with Gasteiger partial charge in [0.05, 0.1) is 6.04 Å². The third-order valence-electron chi connectivity index (χ3n) is 3.42. The van der Waals surface area contributed by atoms with Crippen molar-refractivity contribution in [2.24, 2.45) is 5.92 Å². The maximum atomic E-state index is 12.2. The van der Waals surface area contributed by atoms with Crippen LogP contribution in [0, 0.1) is 5.92 Å². The van der Waals surface area contributed by atoms with Crippen LogP contribution >= 0.6 is 11.6 Å². The molecule has 1 heterocycles. The Bertz CT molecular complexity index is 430. The summed E-state index contributed by atoms with van der Waals surface area (Å²) < 4.78 is 0. The van der Waals surface area contributed by atoms with E-state index in [0.717, 1.165) is 30.0 Å². The Balaban J connectivity index is 2.18. The summed E-state index contributed by atoms with van der Waals surface area (Å²) in [5.74, 6) is 0.664. The number of halogens is 1. The lowest BCUT2D eigenvalue weighted by Crippen LogP contribution is -2.31. The molecule has 0 N–H and O–H groups in total. The van der Waals surface area contributed by atoms with Crippen LogP contribution in [0.2, 0.25) is 5.02 Å². The Hall–Kier alpha value is -1.02. The van der Waals surface area contributed by atoms with Gasteiger partial charge >= 0.3 is 0 Å². The summed E-state index contributed by atoms with van der Waals surface area (Å²) in [5, 5.41) is 0.770. The first-order valence-electron chi connectivity index (χ1n) is 6.63. The highest BCUT2D eigenvalue weighted by Gasteiger charge is 2.30. The molecule has 18 heavy (non-hydrogen) atoms. The van der Waals surface area contributed by atoms with Gasteiger partial charge in [0.15, 0.2) is 0 Å². The third-order valence-corrected chi connectivity index (χ3v) is 3.76. The Morgan fingerprint density at radius 3 is 2.83 bits per heavy atom. The average molecular weight is 266 g/mol. The van der Waals surface area contributed by atoms with E-state index in [4.69, 9.17) is 11.6 Å². The van der Waals surface area contributed by atoms with Gasteiger partial charge in [-0.1, -0.05) is 43.6 Å². The summed E-state index contributed by atoms with van der Waals surface area (Å²) in [6.07, 6.45) is 2.72. The molecule has 2 nitrogen and oxygen atoms in total. The first kappa shape index (κ1) is 13.4. The van der Waals surface area contributed by atoms with Crippen molar-refractivity contribution in [1.29, 1.82) is 0 Å². The van der Waals surface area contributed by atoms with Gasteiger partial charge in [-0.3, -0.25) is 4.79 Å². The van der Waals surface area contributed by atoms with Gasteiger partial charge in [-0.2, -0.15) is 0 Å². The predicted octanol–water partition coefficient (Wildman–Crippen LogP) is 4.05. The average Bonchev–Trinajstić information content (AvgIpc) is 2.77. The molecule has 1 atom stereocenters. The maximum Gasteiger partial charge on any atom is 0.223 e. The number of rotatable bonds is 3. The minimum atomic E-state index is 0.171. The van der Waals surface area contributed by atoms with Crippen LogP contribution in [-0.4, -0.2) is 17.4 Å². The van der Waals surface area contributed by atoms with E-state index >= 15 is 0 Å². The first-order valence-corrected chi connectivity index (χ1v) is 7.01. The summed E-state index contributed by atoms with van der Waals surface area (Å²) in [4.78, 5) is 14.2. The smallest absolute Gasteiger partial charge is 0.223 e. The minimum Gasteiger partial charge on any atom is -0.336 e. The number of benzene rings is 1. The molecule has 98 valence electrons. The van der Waals surface area contributed by atoms with Crippen LogP contribution in [0.15, 0.2) is 24.3 Å². The third kappa shape index (κ3) is 2.86. The fourth-order valence-corrected chi connectivity index (χ4v) is 2.86. The molecule has 0 radical (unpaired) electrons. The monoisotopic (exact) mass is 265 g/mol. The zero-order valence-electron chi connectivity index (χ0n) is 11.0. The highest BCUT2D eigenvalue weighted by molar-refractivity contribution is 6.31. The summed E-state index contributed by atoms with van der Waals surface area (Å²) in [6, 6.07) is 8.03. The van der Waals surface area contributed by atoms with Crippen LogP contribution in [0.1, 0.15) is 44.7 Å². The lowest BCUT2D eigenvalue weighted by Gasteiger charge is -2.26. The summed E-state index contributed by atoms with van der Waals surface area (Å²) in [7, 11) is 0. The molecule has 0 aliphatic carbocycles. The molecule has 1 saturated heterocycles. The Morgan fingerprint density at radius 2 is 2.17 bits per heavy atom. The second-order valence-corrected chi connectivity index (χ2v) is 5.77. The number of carbonyl (C=O) groups excluding carboxylic acids is 1. The lowest BCUT2D eigenvalue weighted by molar-refractivity contribution is -0.132. The first-order chi connectivity index (χ1) is 8.59.